The predicted molar refractivity (Wildman–Crippen MR) is 272 cm³/mol. The number of ether oxygens (including phenoxy) is 5. The first-order valence-corrected chi connectivity index (χ1v) is 25.3. The second kappa shape index (κ2) is 24.5. The molecule has 0 radical (unpaired) electrons. The maximum absolute atomic E-state index is 14.9. The quantitative estimate of drug-likeness (QED) is 0.0507. The number of amides is 5. The Balaban J connectivity index is 0.00000803. The minimum Gasteiger partial charge on any atom is -0.491 e. The molecule has 5 amide bonds. The Hall–Kier alpha value is -7.41. The van der Waals surface area contributed by atoms with E-state index in [1.54, 1.807) is 59.8 Å². The lowest BCUT2D eigenvalue weighted by atomic mass is 9.86. The van der Waals surface area contributed by atoms with Crippen molar-refractivity contribution >= 4 is 53.4 Å². The van der Waals surface area contributed by atoms with E-state index in [0.717, 1.165) is 10.6 Å². The van der Waals surface area contributed by atoms with Crippen LogP contribution in [-0.4, -0.2) is 137 Å². The highest BCUT2D eigenvalue weighted by Crippen LogP contribution is 2.44. The number of hydrogen-bond donors (Lipinski definition) is 3. The first-order valence-electron chi connectivity index (χ1n) is 25.3. The van der Waals surface area contributed by atoms with Crippen LogP contribution in [0.15, 0.2) is 67.1 Å². The highest BCUT2D eigenvalue weighted by Gasteiger charge is 2.45. The predicted octanol–water partition coefficient (Wildman–Crippen LogP) is 4.87. The average Bonchev–Trinajstić information content (AvgIpc) is 4.07. The third-order valence-corrected chi connectivity index (χ3v) is 13.9. The second-order valence-electron chi connectivity index (χ2n) is 19.1. The van der Waals surface area contributed by atoms with Crippen LogP contribution in [0.4, 0.5) is 23.2 Å². The molecule has 4 aliphatic rings. The van der Waals surface area contributed by atoms with Gasteiger partial charge in [0.1, 0.15) is 25.0 Å². The van der Waals surface area contributed by atoms with Gasteiger partial charge < -0.3 is 43.0 Å². The van der Waals surface area contributed by atoms with Crippen molar-refractivity contribution in [3.8, 4) is 22.6 Å². The maximum atomic E-state index is 14.9. The van der Waals surface area contributed by atoms with E-state index in [2.05, 4.69) is 20.6 Å². The number of aryl methyl sites for hydroxylation is 2. The smallest absolute Gasteiger partial charge is 0.435 e. The van der Waals surface area contributed by atoms with Crippen LogP contribution in [0.1, 0.15) is 80.5 Å². The van der Waals surface area contributed by atoms with E-state index in [1.165, 1.54) is 35.1 Å². The molecular formula is C53H58ClF4N9O11. The Morgan fingerprint density at radius 3 is 2.24 bits per heavy atom. The van der Waals surface area contributed by atoms with Crippen molar-refractivity contribution in [2.24, 2.45) is 13.0 Å². The number of Topliss-reactive ketones (excluding diaryl/α,β-unsaturated/α-hetero) is 1. The van der Waals surface area contributed by atoms with Crippen LogP contribution in [0, 0.1) is 17.1 Å². The van der Waals surface area contributed by atoms with Crippen molar-refractivity contribution in [2.75, 3.05) is 70.8 Å². The molecule has 25 heteroatoms. The Kier molecular flexibility index (Phi) is 17.8. The highest BCUT2D eigenvalue weighted by atomic mass is 35.5. The summed E-state index contributed by atoms with van der Waals surface area (Å²) < 4.78 is 90.6. The van der Waals surface area contributed by atoms with Gasteiger partial charge in [0, 0.05) is 74.5 Å². The SMILES string of the molecule is CCn1cc(-c2cc(Cn3ccn(C)c3=N)cc3c2OCC(Cc2ccc(F)c(OCCOCCOCCOCC(=O)NC4CCN(c5ccc6c(c5)C(=O)N(C5CCC(=O)NC5=O)C6=O)CC4)c2)C3=O)c(C(F)(F)F)n1.Cl. The molecule has 6 heterocycles. The van der Waals surface area contributed by atoms with E-state index in [4.69, 9.17) is 29.1 Å². The summed E-state index contributed by atoms with van der Waals surface area (Å²) in [6, 6.07) is 11.2. The molecule has 2 unspecified atom stereocenters. The number of fused-ring (bicyclic) bond motifs is 2. The normalized spacial score (nSPS) is 17.6. The van der Waals surface area contributed by atoms with E-state index in [1.807, 2.05) is 0 Å². The molecule has 2 aromatic heterocycles. The summed E-state index contributed by atoms with van der Waals surface area (Å²) in [6.45, 7) is 3.68. The number of piperidine rings is 2. The lowest BCUT2D eigenvalue weighted by molar-refractivity contribution is -0.141. The molecule has 0 spiro atoms. The number of imide groups is 2. The zero-order valence-corrected chi connectivity index (χ0v) is 43.5. The highest BCUT2D eigenvalue weighted by molar-refractivity contribution is 6.23. The van der Waals surface area contributed by atoms with E-state index in [-0.39, 0.29) is 160 Å². The van der Waals surface area contributed by atoms with Crippen LogP contribution in [-0.2, 0) is 61.3 Å². The fraction of sp³-hybridized carbons (Fsp3) is 0.434. The van der Waals surface area contributed by atoms with Crippen molar-refractivity contribution < 1.29 is 70.0 Å². The summed E-state index contributed by atoms with van der Waals surface area (Å²) in [5.41, 5.74) is 1.16. The van der Waals surface area contributed by atoms with Crippen LogP contribution in [0.2, 0.25) is 0 Å². The molecule has 0 saturated carbocycles. The Morgan fingerprint density at radius 2 is 1.55 bits per heavy atom. The molecule has 0 aliphatic carbocycles. The number of nitrogens with zero attached hydrogens (tertiary/aromatic N) is 6. The van der Waals surface area contributed by atoms with Gasteiger partial charge in [-0.1, -0.05) is 6.07 Å². The summed E-state index contributed by atoms with van der Waals surface area (Å²) >= 11 is 0. The third-order valence-electron chi connectivity index (χ3n) is 13.9. The first kappa shape index (κ1) is 56.8. The molecule has 3 aromatic carbocycles. The van der Waals surface area contributed by atoms with Crippen molar-refractivity contribution in [1.29, 1.82) is 5.41 Å². The van der Waals surface area contributed by atoms with Crippen molar-refractivity contribution in [3.05, 3.63) is 112 Å². The van der Waals surface area contributed by atoms with Gasteiger partial charge in [0.15, 0.2) is 23.0 Å². The number of carbonyl (C=O) groups excluding carboxylic acids is 6. The van der Waals surface area contributed by atoms with Crippen LogP contribution in [0.25, 0.3) is 11.1 Å². The van der Waals surface area contributed by atoms with Crippen LogP contribution >= 0.6 is 12.4 Å². The van der Waals surface area contributed by atoms with Crippen molar-refractivity contribution in [1.82, 2.24) is 34.4 Å². The number of rotatable bonds is 21. The monoisotopic (exact) mass is 1110 g/mol. The lowest BCUT2D eigenvalue weighted by Gasteiger charge is -2.34. The number of ketones is 1. The number of nitrogens with one attached hydrogen (secondary N) is 3. The average molecular weight is 1110 g/mol. The van der Waals surface area contributed by atoms with Crippen LogP contribution < -0.4 is 30.6 Å². The van der Waals surface area contributed by atoms with Gasteiger partial charge in [-0.15, -0.1) is 12.4 Å². The summed E-state index contributed by atoms with van der Waals surface area (Å²) in [5, 5.41) is 17.3. The van der Waals surface area contributed by atoms with Gasteiger partial charge in [0.25, 0.3) is 11.8 Å². The van der Waals surface area contributed by atoms with E-state index in [0.29, 0.717) is 37.1 Å². The van der Waals surface area contributed by atoms with Gasteiger partial charge in [0.2, 0.25) is 23.3 Å². The topological polar surface area (TPSA) is 231 Å². The number of carbonyl (C=O) groups is 6. The zero-order chi connectivity index (χ0) is 54.5. The fourth-order valence-corrected chi connectivity index (χ4v) is 9.88. The molecular weight excluding hydrogens is 1050 g/mol. The van der Waals surface area contributed by atoms with Gasteiger partial charge in [0.05, 0.1) is 68.8 Å². The molecule has 20 nitrogen and oxygen atoms in total. The Bertz CT molecular complexity index is 3150. The molecule has 9 rings (SSSR count). The summed E-state index contributed by atoms with van der Waals surface area (Å²) in [7, 11) is 1.69. The molecule has 416 valence electrons. The largest absolute Gasteiger partial charge is 0.491 e. The van der Waals surface area contributed by atoms with Gasteiger partial charge >= 0.3 is 6.18 Å². The maximum Gasteiger partial charge on any atom is 0.435 e. The van der Waals surface area contributed by atoms with Crippen LogP contribution in [0.5, 0.6) is 11.5 Å². The minimum atomic E-state index is -4.79. The van der Waals surface area contributed by atoms with Gasteiger partial charge in [-0.3, -0.25) is 49.1 Å². The lowest BCUT2D eigenvalue weighted by Crippen LogP contribution is -2.54. The molecule has 2 atom stereocenters. The Morgan fingerprint density at radius 1 is 0.846 bits per heavy atom. The zero-order valence-electron chi connectivity index (χ0n) is 42.7. The number of benzene rings is 3. The summed E-state index contributed by atoms with van der Waals surface area (Å²) in [4.78, 5) is 80.2. The minimum absolute atomic E-state index is 0. The number of alkyl halides is 3. The number of aromatic nitrogens is 4. The van der Waals surface area contributed by atoms with Gasteiger partial charge in [-0.05, 0) is 86.2 Å². The van der Waals surface area contributed by atoms with Gasteiger partial charge in [-0.25, -0.2) is 4.39 Å². The van der Waals surface area contributed by atoms with E-state index >= 15 is 0 Å². The fourth-order valence-electron chi connectivity index (χ4n) is 9.88. The molecule has 2 fully saturated rings. The standard InChI is InChI=1S/C53H57F4N9O11.ClH/c1-3-65-28-40(48(61-65)53(55,56)57)37-23-32(27-64-15-14-62(2)52(64)58)24-39-46(69)33(29-77-47(37)39)22-31-4-7-41(54)43(25-31)76-21-20-74-17-16-73-18-19-75-30-45(68)59-34-10-12-63(13-11-34)35-5-6-36-38(26-35)51(72)66(50(36)71)42-8-9-44(67)60-49(42)70;/h4-7,14-15,23-26,28,33-34,42,58H,3,8-13,16-22,27,29-30H2,1-2H3,(H,59,68)(H,60,67,70);1H. The number of anilines is 1. The molecule has 3 N–H and O–H groups in total. The molecule has 4 aliphatic heterocycles. The molecule has 78 heavy (non-hydrogen) atoms. The second-order valence-corrected chi connectivity index (χ2v) is 19.1. The van der Waals surface area contributed by atoms with E-state index in [9.17, 15) is 46.3 Å². The third kappa shape index (κ3) is 12.6. The van der Waals surface area contributed by atoms with Crippen molar-refractivity contribution in [2.45, 2.75) is 70.4 Å². The molecule has 5 aromatic rings. The summed E-state index contributed by atoms with van der Waals surface area (Å²) in [5.74, 6) is -4.32. The number of hydrogen-bond acceptors (Lipinski definition) is 14. The Labute approximate surface area is 450 Å². The van der Waals surface area contributed by atoms with Crippen molar-refractivity contribution in [3.63, 3.8) is 0 Å². The van der Waals surface area contributed by atoms with Gasteiger partial charge in [-0.2, -0.15) is 18.3 Å². The van der Waals surface area contributed by atoms with E-state index < -0.39 is 53.3 Å². The summed E-state index contributed by atoms with van der Waals surface area (Å²) in [6.07, 6.45) is 1.33. The first-order chi connectivity index (χ1) is 37.0. The number of halogens is 5. The number of imidazole rings is 1. The molecule has 2 saturated heterocycles. The molecule has 0 bridgehead atoms. The van der Waals surface area contributed by atoms with Crippen LogP contribution in [0.3, 0.4) is 0 Å².